The average molecular weight is 589 g/mol. The lowest BCUT2D eigenvalue weighted by Gasteiger charge is -2.39. The van der Waals surface area contributed by atoms with Crippen molar-refractivity contribution in [1.29, 1.82) is 0 Å². The highest BCUT2D eigenvalue weighted by atomic mass is 35.5. The van der Waals surface area contributed by atoms with E-state index >= 15 is 0 Å². The van der Waals surface area contributed by atoms with Crippen molar-refractivity contribution < 1.29 is 24.2 Å². The zero-order chi connectivity index (χ0) is 29.2. The number of esters is 1. The molecule has 1 N–H and O–H groups in total. The molecule has 7 nitrogen and oxygen atoms in total. The highest BCUT2D eigenvalue weighted by Crippen LogP contribution is 2.72. The lowest BCUT2D eigenvalue weighted by Crippen LogP contribution is -2.57. The number of rotatable bonds is 13. The molecule has 0 radical (unpaired) electrons. The Balaban J connectivity index is 1.77. The number of thioether (sulfide) groups is 1. The van der Waals surface area contributed by atoms with Gasteiger partial charge >= 0.3 is 5.97 Å². The molecule has 1 spiro atoms. The summed E-state index contributed by atoms with van der Waals surface area (Å²) >= 11 is 8.22. The molecule has 0 aliphatic carbocycles. The van der Waals surface area contributed by atoms with E-state index in [2.05, 4.69) is 13.2 Å². The minimum atomic E-state index is -0.866. The van der Waals surface area contributed by atoms with Gasteiger partial charge in [-0.3, -0.25) is 14.4 Å². The molecule has 2 unspecified atom stereocenters. The van der Waals surface area contributed by atoms with Crippen molar-refractivity contribution in [1.82, 2.24) is 4.90 Å². The molecule has 3 heterocycles. The van der Waals surface area contributed by atoms with Gasteiger partial charge in [0.1, 0.15) is 6.04 Å². The van der Waals surface area contributed by atoms with E-state index in [1.54, 1.807) is 33.7 Å². The number of aliphatic hydroxyl groups is 1. The van der Waals surface area contributed by atoms with Crippen LogP contribution in [0, 0.1) is 18.8 Å². The molecule has 6 atom stereocenters. The Bertz CT molecular complexity index is 1150. The Hall–Kier alpha value is -2.29. The number of aliphatic hydroxyl groups excluding tert-OH is 1. The number of fused-ring (bicyclic) bond motifs is 1. The number of halogens is 1. The number of hydrogen-bond donors (Lipinski definition) is 1. The summed E-state index contributed by atoms with van der Waals surface area (Å²) in [7, 11) is 0. The van der Waals surface area contributed by atoms with Crippen molar-refractivity contribution in [2.75, 3.05) is 24.7 Å². The average Bonchev–Trinajstić information content (AvgIpc) is 3.49. The van der Waals surface area contributed by atoms with E-state index in [1.165, 1.54) is 0 Å². The largest absolute Gasteiger partial charge is 0.465 e. The quantitative estimate of drug-likeness (QED) is 0.191. The van der Waals surface area contributed by atoms with Crippen LogP contribution in [0.3, 0.4) is 0 Å². The first-order valence-corrected chi connectivity index (χ1v) is 15.4. The maximum Gasteiger partial charge on any atom is 0.311 e. The number of likely N-dealkylation sites (tertiary alicyclic amines) is 1. The number of hydrogen-bond acceptors (Lipinski definition) is 6. The molecule has 3 aliphatic rings. The Kier molecular flexibility index (Phi) is 9.42. The highest BCUT2D eigenvalue weighted by molar-refractivity contribution is 8.02. The topological polar surface area (TPSA) is 87.1 Å². The summed E-state index contributed by atoms with van der Waals surface area (Å²) in [4.78, 5) is 45.8. The first-order valence-electron chi connectivity index (χ1n) is 14.2. The number of para-hydroxylation sites is 1. The van der Waals surface area contributed by atoms with Gasteiger partial charge in [0, 0.05) is 11.3 Å². The minimum absolute atomic E-state index is 0.205. The predicted molar refractivity (Wildman–Crippen MR) is 160 cm³/mol. The van der Waals surface area contributed by atoms with Gasteiger partial charge < -0.3 is 19.6 Å². The van der Waals surface area contributed by atoms with Gasteiger partial charge in [0.25, 0.3) is 5.91 Å². The van der Waals surface area contributed by atoms with Crippen LogP contribution < -0.4 is 4.90 Å². The predicted octanol–water partition coefficient (Wildman–Crippen LogP) is 5.32. The van der Waals surface area contributed by atoms with Crippen LogP contribution >= 0.6 is 23.4 Å². The number of ether oxygens (including phenoxy) is 1. The number of benzene rings is 1. The number of carbonyl (C=O) groups is 3. The fraction of sp³-hybridized carbons (Fsp3) is 0.581. The number of allylic oxidation sites excluding steroid dienone is 1. The summed E-state index contributed by atoms with van der Waals surface area (Å²) in [6.45, 7) is 13.6. The second-order valence-corrected chi connectivity index (χ2v) is 13.6. The molecule has 4 rings (SSSR count). The zero-order valence-electron chi connectivity index (χ0n) is 23.7. The van der Waals surface area contributed by atoms with E-state index in [9.17, 15) is 19.5 Å². The molecule has 9 heteroatoms. The summed E-state index contributed by atoms with van der Waals surface area (Å²) in [5.41, 5.74) is 1.41. The van der Waals surface area contributed by atoms with E-state index < -0.39 is 33.4 Å². The van der Waals surface area contributed by atoms with E-state index in [1.807, 2.05) is 39.0 Å². The van der Waals surface area contributed by atoms with Gasteiger partial charge in [-0.2, -0.15) is 0 Å². The molecular weight excluding hydrogens is 548 g/mol. The summed E-state index contributed by atoms with van der Waals surface area (Å²) in [5.74, 6) is -2.26. The SMILES string of the molecule is C=CCCCCOC(=O)[C@H]1[C@H]2C(=O)N([C@@H](CC)CO)C(C(=O)N(CC=C)c3c(C)cccc3Cl)C23CC[C@]1(C)S3. The normalized spacial score (nSPS) is 29.3. The van der Waals surface area contributed by atoms with E-state index in [4.69, 9.17) is 16.3 Å². The second kappa shape index (κ2) is 12.3. The minimum Gasteiger partial charge on any atom is -0.465 e. The van der Waals surface area contributed by atoms with Crippen LogP contribution in [0.15, 0.2) is 43.5 Å². The Morgan fingerprint density at radius 1 is 1.30 bits per heavy atom. The van der Waals surface area contributed by atoms with E-state index in [0.29, 0.717) is 30.0 Å². The molecule has 3 fully saturated rings. The Morgan fingerprint density at radius 3 is 2.67 bits per heavy atom. The fourth-order valence-electron chi connectivity index (χ4n) is 6.99. The van der Waals surface area contributed by atoms with Crippen molar-refractivity contribution in [3.8, 4) is 0 Å². The third kappa shape index (κ3) is 5.01. The summed E-state index contributed by atoms with van der Waals surface area (Å²) < 4.78 is 4.41. The number of carbonyl (C=O) groups excluding carboxylic acids is 3. The molecule has 3 aliphatic heterocycles. The van der Waals surface area contributed by atoms with Crippen LogP contribution in [0.1, 0.15) is 57.9 Å². The molecule has 218 valence electrons. The molecule has 2 amide bonds. The summed E-state index contributed by atoms with van der Waals surface area (Å²) in [6.07, 6.45) is 7.72. The molecule has 40 heavy (non-hydrogen) atoms. The molecule has 0 saturated carbocycles. The van der Waals surface area contributed by atoms with Gasteiger partial charge in [-0.25, -0.2) is 0 Å². The van der Waals surface area contributed by atoms with Crippen molar-refractivity contribution >= 4 is 46.8 Å². The van der Waals surface area contributed by atoms with Crippen LogP contribution in [0.2, 0.25) is 5.02 Å². The molecule has 1 aromatic rings. The standard InChI is InChI=1S/C31H41ClN2O5S/c1-6-9-10-11-18-39-29(38)24-23-27(36)34(21(8-3)19-35)26(31(23)16-15-30(24,5)40-31)28(37)33(17-7-2)25-20(4)13-12-14-22(25)32/h6-7,12-14,21,23-24,26,35H,1-2,8-11,15-19H2,3-5H3/t21-,23-,24+,26?,30-,31?/m0/s1. The van der Waals surface area contributed by atoms with Gasteiger partial charge in [0.2, 0.25) is 5.91 Å². The van der Waals surface area contributed by atoms with Gasteiger partial charge in [-0.05, 0) is 64.0 Å². The third-order valence-corrected chi connectivity index (χ3v) is 11.2. The van der Waals surface area contributed by atoms with Gasteiger partial charge in [0.15, 0.2) is 0 Å². The Morgan fingerprint density at radius 2 is 2.05 bits per heavy atom. The van der Waals surface area contributed by atoms with Crippen LogP contribution in [-0.4, -0.2) is 69.1 Å². The van der Waals surface area contributed by atoms with Crippen LogP contribution in [0.4, 0.5) is 5.69 Å². The fourth-order valence-corrected chi connectivity index (χ4v) is 9.64. The van der Waals surface area contributed by atoms with Gasteiger partial charge in [0.05, 0.1) is 46.5 Å². The number of amides is 2. The van der Waals surface area contributed by atoms with Gasteiger partial charge in [-0.15, -0.1) is 24.9 Å². The maximum atomic E-state index is 14.7. The number of nitrogens with zero attached hydrogens (tertiary/aromatic N) is 2. The molecule has 1 aromatic carbocycles. The summed E-state index contributed by atoms with van der Waals surface area (Å²) in [6, 6.07) is 4.05. The summed E-state index contributed by atoms with van der Waals surface area (Å²) in [5, 5.41) is 10.8. The first-order chi connectivity index (χ1) is 19.1. The molecule has 0 aromatic heterocycles. The third-order valence-electron chi connectivity index (χ3n) is 8.86. The van der Waals surface area contributed by atoms with Crippen LogP contribution in [0.5, 0.6) is 0 Å². The van der Waals surface area contributed by atoms with E-state index in [-0.39, 0.29) is 37.5 Å². The lowest BCUT2D eigenvalue weighted by molar-refractivity contribution is -0.156. The lowest BCUT2D eigenvalue weighted by atomic mass is 9.66. The van der Waals surface area contributed by atoms with Crippen LogP contribution in [-0.2, 0) is 19.1 Å². The number of aryl methyl sites for hydroxylation is 1. The maximum absolute atomic E-state index is 14.7. The monoisotopic (exact) mass is 588 g/mol. The first kappa shape index (κ1) is 30.7. The highest BCUT2D eigenvalue weighted by Gasteiger charge is 2.78. The molecular formula is C31H41ClN2O5S. The van der Waals surface area contributed by atoms with Gasteiger partial charge in [-0.1, -0.05) is 42.8 Å². The van der Waals surface area contributed by atoms with Crippen molar-refractivity contribution in [3.63, 3.8) is 0 Å². The molecule has 3 saturated heterocycles. The van der Waals surface area contributed by atoms with E-state index in [0.717, 1.165) is 24.8 Å². The van der Waals surface area contributed by atoms with Crippen LogP contribution in [0.25, 0.3) is 0 Å². The zero-order valence-corrected chi connectivity index (χ0v) is 25.3. The van der Waals surface area contributed by atoms with Crippen molar-refractivity contribution in [2.45, 2.75) is 80.9 Å². The number of unbranched alkanes of at least 4 members (excludes halogenated alkanes) is 2. The second-order valence-electron chi connectivity index (χ2n) is 11.3. The van der Waals surface area contributed by atoms with Crippen molar-refractivity contribution in [3.05, 3.63) is 54.1 Å². The number of anilines is 1. The molecule has 2 bridgehead atoms. The Labute approximate surface area is 246 Å². The van der Waals surface area contributed by atoms with Crippen molar-refractivity contribution in [2.24, 2.45) is 11.8 Å². The smallest absolute Gasteiger partial charge is 0.311 e.